The number of fused-ring (bicyclic) bond motifs is 1. The smallest absolute Gasteiger partial charge is 0.225 e. The summed E-state index contributed by atoms with van der Waals surface area (Å²) in [5, 5.41) is 0. The van der Waals surface area contributed by atoms with Crippen LogP contribution in [-0.2, 0) is 24.4 Å². The van der Waals surface area contributed by atoms with Gasteiger partial charge in [-0.25, -0.2) is 9.97 Å². The summed E-state index contributed by atoms with van der Waals surface area (Å²) < 4.78 is 8.42. The van der Waals surface area contributed by atoms with E-state index >= 15 is 0 Å². The molecule has 0 N–H and O–H groups in total. The first-order valence-corrected chi connectivity index (χ1v) is 8.05. The van der Waals surface area contributed by atoms with Crippen molar-refractivity contribution in [3.05, 3.63) is 72.6 Å². The van der Waals surface area contributed by atoms with E-state index in [9.17, 15) is 0 Å². The van der Waals surface area contributed by atoms with Gasteiger partial charge in [-0.05, 0) is 29.8 Å². The van der Waals surface area contributed by atoms with Crippen LogP contribution in [0.1, 0.15) is 11.3 Å². The fourth-order valence-corrected chi connectivity index (χ4v) is 2.96. The van der Waals surface area contributed by atoms with Crippen LogP contribution in [0, 0.1) is 0 Å². The van der Waals surface area contributed by atoms with Crippen LogP contribution in [0.4, 0.5) is 5.95 Å². The molecular formula is C18H19N5O. The lowest BCUT2D eigenvalue weighted by molar-refractivity contribution is 0.0358. The maximum atomic E-state index is 6.17. The van der Waals surface area contributed by atoms with Crippen LogP contribution < -0.4 is 4.90 Å². The van der Waals surface area contributed by atoms with Gasteiger partial charge < -0.3 is 14.2 Å². The zero-order chi connectivity index (χ0) is 16.2. The average Bonchev–Trinajstić information content (AvgIpc) is 2.99. The van der Waals surface area contributed by atoms with E-state index in [0.29, 0.717) is 6.61 Å². The van der Waals surface area contributed by atoms with Crippen molar-refractivity contribution in [1.82, 2.24) is 19.5 Å². The zero-order valence-electron chi connectivity index (χ0n) is 13.3. The van der Waals surface area contributed by atoms with Crippen molar-refractivity contribution in [1.29, 1.82) is 0 Å². The van der Waals surface area contributed by atoms with Crippen molar-refractivity contribution in [3.8, 4) is 0 Å². The maximum Gasteiger partial charge on any atom is 0.225 e. The Morgan fingerprint density at radius 1 is 1.04 bits per heavy atom. The van der Waals surface area contributed by atoms with Crippen molar-refractivity contribution in [2.24, 2.45) is 0 Å². The van der Waals surface area contributed by atoms with E-state index in [4.69, 9.17) is 4.74 Å². The molecule has 0 saturated carbocycles. The number of rotatable bonds is 4. The molecule has 0 saturated heterocycles. The molecule has 0 fully saturated rings. The van der Waals surface area contributed by atoms with E-state index in [1.165, 1.54) is 5.69 Å². The van der Waals surface area contributed by atoms with Crippen molar-refractivity contribution in [2.75, 3.05) is 11.4 Å². The first-order chi connectivity index (χ1) is 11.9. The highest BCUT2D eigenvalue weighted by Crippen LogP contribution is 2.19. The standard InChI is InChI=1S/C18H19N5O/c1-4-15(10-19-6-1)14-24-17-12-22-9-2-5-16(22)11-23(13-17)18-20-7-3-8-21-18/h1-10,17H,11-14H2/t17-/m1/s1. The Bertz CT molecular complexity index is 774. The summed E-state index contributed by atoms with van der Waals surface area (Å²) in [7, 11) is 0. The van der Waals surface area contributed by atoms with E-state index in [1.807, 2.05) is 24.4 Å². The van der Waals surface area contributed by atoms with Crippen molar-refractivity contribution in [2.45, 2.75) is 25.8 Å². The Hall–Kier alpha value is -2.73. The summed E-state index contributed by atoms with van der Waals surface area (Å²) >= 11 is 0. The van der Waals surface area contributed by atoms with Crippen LogP contribution in [0.25, 0.3) is 0 Å². The second kappa shape index (κ2) is 6.80. The van der Waals surface area contributed by atoms with Gasteiger partial charge in [-0.15, -0.1) is 0 Å². The van der Waals surface area contributed by atoms with E-state index < -0.39 is 0 Å². The zero-order valence-corrected chi connectivity index (χ0v) is 13.3. The molecule has 4 rings (SSSR count). The summed E-state index contributed by atoms with van der Waals surface area (Å²) in [6.07, 6.45) is 9.33. The number of anilines is 1. The molecule has 6 nitrogen and oxygen atoms in total. The molecule has 1 atom stereocenters. The number of aromatic nitrogens is 4. The SMILES string of the molecule is c1cnc(N2Cc3cccn3C[C@@H](OCc3cccnc3)C2)nc1. The Morgan fingerprint density at radius 2 is 1.96 bits per heavy atom. The van der Waals surface area contributed by atoms with E-state index in [-0.39, 0.29) is 6.10 Å². The van der Waals surface area contributed by atoms with Gasteiger partial charge in [0.1, 0.15) is 0 Å². The van der Waals surface area contributed by atoms with E-state index in [2.05, 4.69) is 42.7 Å². The monoisotopic (exact) mass is 321 g/mol. The third-order valence-electron chi connectivity index (χ3n) is 4.14. The second-order valence-corrected chi connectivity index (χ2v) is 5.88. The van der Waals surface area contributed by atoms with Gasteiger partial charge in [0.05, 0.1) is 25.8 Å². The fraction of sp³-hybridized carbons (Fsp3) is 0.278. The van der Waals surface area contributed by atoms with Gasteiger partial charge in [0.2, 0.25) is 5.95 Å². The molecule has 0 radical (unpaired) electrons. The highest BCUT2D eigenvalue weighted by Gasteiger charge is 2.23. The predicted molar refractivity (Wildman–Crippen MR) is 90.3 cm³/mol. The summed E-state index contributed by atoms with van der Waals surface area (Å²) in [6, 6.07) is 10.0. The quantitative estimate of drug-likeness (QED) is 0.738. The highest BCUT2D eigenvalue weighted by molar-refractivity contribution is 5.31. The lowest BCUT2D eigenvalue weighted by atomic mass is 10.3. The van der Waals surface area contributed by atoms with Crippen LogP contribution in [0.3, 0.4) is 0 Å². The molecule has 0 spiro atoms. The van der Waals surface area contributed by atoms with Gasteiger partial charge >= 0.3 is 0 Å². The minimum atomic E-state index is 0.0580. The van der Waals surface area contributed by atoms with Gasteiger partial charge in [-0.1, -0.05) is 6.07 Å². The molecule has 0 unspecified atom stereocenters. The molecule has 0 bridgehead atoms. The van der Waals surface area contributed by atoms with Crippen LogP contribution in [0.5, 0.6) is 0 Å². The van der Waals surface area contributed by atoms with Gasteiger partial charge in [0, 0.05) is 43.2 Å². The topological polar surface area (TPSA) is 56.1 Å². The molecule has 122 valence electrons. The molecular weight excluding hydrogens is 302 g/mol. The van der Waals surface area contributed by atoms with Gasteiger partial charge in [-0.2, -0.15) is 0 Å². The molecule has 4 heterocycles. The minimum absolute atomic E-state index is 0.0580. The second-order valence-electron chi connectivity index (χ2n) is 5.88. The van der Waals surface area contributed by atoms with Crippen LogP contribution in [0.2, 0.25) is 0 Å². The Morgan fingerprint density at radius 3 is 2.79 bits per heavy atom. The van der Waals surface area contributed by atoms with Crippen molar-refractivity contribution >= 4 is 5.95 Å². The van der Waals surface area contributed by atoms with Gasteiger partial charge in [-0.3, -0.25) is 4.98 Å². The Kier molecular flexibility index (Phi) is 4.20. The third-order valence-corrected chi connectivity index (χ3v) is 4.14. The average molecular weight is 321 g/mol. The molecule has 0 aromatic carbocycles. The number of pyridine rings is 1. The molecule has 0 aliphatic carbocycles. The summed E-state index contributed by atoms with van der Waals surface area (Å²) in [5.74, 6) is 0.738. The van der Waals surface area contributed by atoms with Crippen LogP contribution in [0.15, 0.2) is 61.3 Å². The predicted octanol–water partition coefficient (Wildman–Crippen LogP) is 2.28. The van der Waals surface area contributed by atoms with Crippen molar-refractivity contribution in [3.63, 3.8) is 0 Å². The fourth-order valence-electron chi connectivity index (χ4n) is 2.96. The normalized spacial score (nSPS) is 17.3. The lowest BCUT2D eigenvalue weighted by Gasteiger charge is -2.24. The number of ether oxygens (including phenoxy) is 1. The van der Waals surface area contributed by atoms with Crippen LogP contribution in [-0.4, -0.2) is 32.2 Å². The Balaban J connectivity index is 1.53. The molecule has 1 aliphatic rings. The first-order valence-electron chi connectivity index (χ1n) is 8.05. The van der Waals surface area contributed by atoms with E-state index in [1.54, 1.807) is 18.6 Å². The van der Waals surface area contributed by atoms with E-state index in [0.717, 1.165) is 31.1 Å². The minimum Gasteiger partial charge on any atom is -0.370 e. The van der Waals surface area contributed by atoms with Gasteiger partial charge in [0.15, 0.2) is 0 Å². The summed E-state index contributed by atoms with van der Waals surface area (Å²) in [6.45, 7) is 2.92. The molecule has 0 amide bonds. The Labute approximate surface area is 140 Å². The van der Waals surface area contributed by atoms with Gasteiger partial charge in [0.25, 0.3) is 0 Å². The molecule has 1 aliphatic heterocycles. The van der Waals surface area contributed by atoms with Crippen molar-refractivity contribution < 1.29 is 4.74 Å². The molecule has 3 aromatic heterocycles. The number of nitrogens with zero attached hydrogens (tertiary/aromatic N) is 5. The number of hydrogen-bond donors (Lipinski definition) is 0. The molecule has 6 heteroatoms. The largest absolute Gasteiger partial charge is 0.370 e. The first kappa shape index (κ1) is 14.8. The lowest BCUT2D eigenvalue weighted by Crippen LogP contribution is -2.33. The third kappa shape index (κ3) is 3.28. The van der Waals surface area contributed by atoms with Crippen LogP contribution >= 0.6 is 0 Å². The summed E-state index contributed by atoms with van der Waals surface area (Å²) in [4.78, 5) is 15.1. The maximum absolute atomic E-state index is 6.17. The molecule has 24 heavy (non-hydrogen) atoms. The highest BCUT2D eigenvalue weighted by atomic mass is 16.5. The number of hydrogen-bond acceptors (Lipinski definition) is 5. The summed E-state index contributed by atoms with van der Waals surface area (Å²) in [5.41, 5.74) is 2.33. The molecule has 3 aromatic rings.